The summed E-state index contributed by atoms with van der Waals surface area (Å²) in [5.74, 6) is -1.53. The van der Waals surface area contributed by atoms with Crippen LogP contribution in [-0.4, -0.2) is 17.0 Å². The van der Waals surface area contributed by atoms with Gasteiger partial charge in [-0.2, -0.15) is 5.26 Å². The molecule has 3 aromatic carbocycles. The summed E-state index contributed by atoms with van der Waals surface area (Å²) in [6.07, 6.45) is 1.35. The van der Waals surface area contributed by atoms with Gasteiger partial charge in [0.2, 0.25) is 0 Å². The van der Waals surface area contributed by atoms with E-state index in [9.17, 15) is 20.0 Å². The van der Waals surface area contributed by atoms with Gasteiger partial charge in [-0.05, 0) is 54.8 Å². The van der Waals surface area contributed by atoms with Crippen molar-refractivity contribution >= 4 is 23.6 Å². The predicted molar refractivity (Wildman–Crippen MR) is 122 cm³/mol. The molecule has 0 atom stereocenters. The lowest BCUT2D eigenvalue weighted by atomic mass is 10.1. The Morgan fingerprint density at radius 2 is 1.81 bits per heavy atom. The molecule has 0 bridgehead atoms. The van der Waals surface area contributed by atoms with Crippen molar-refractivity contribution < 1.29 is 19.4 Å². The van der Waals surface area contributed by atoms with Gasteiger partial charge in [-0.25, -0.2) is 4.79 Å². The maximum absolute atomic E-state index is 12.6. The summed E-state index contributed by atoms with van der Waals surface area (Å²) in [5, 5.41) is 21.8. The Bertz CT molecular complexity index is 1220. The molecular formula is C26H22N2O4. The van der Waals surface area contributed by atoms with E-state index in [1.54, 1.807) is 12.1 Å². The Kier molecular flexibility index (Phi) is 7.04. The van der Waals surface area contributed by atoms with Crippen molar-refractivity contribution in [1.82, 2.24) is 0 Å². The molecule has 0 saturated carbocycles. The number of anilines is 1. The first kappa shape index (κ1) is 22.3. The van der Waals surface area contributed by atoms with Crippen LogP contribution in [0.4, 0.5) is 5.69 Å². The second kappa shape index (κ2) is 10.1. The van der Waals surface area contributed by atoms with Crippen LogP contribution in [0.5, 0.6) is 5.75 Å². The summed E-state index contributed by atoms with van der Waals surface area (Å²) in [6.45, 7) is 4.04. The molecule has 0 saturated heterocycles. The molecule has 3 aromatic rings. The number of carboxylic acids is 1. The average molecular weight is 426 g/mol. The molecule has 0 radical (unpaired) electrons. The van der Waals surface area contributed by atoms with Crippen LogP contribution >= 0.6 is 0 Å². The zero-order valence-electron chi connectivity index (χ0n) is 17.8. The number of nitriles is 1. The Morgan fingerprint density at radius 1 is 1.06 bits per heavy atom. The largest absolute Gasteiger partial charge is 0.488 e. The van der Waals surface area contributed by atoms with Crippen LogP contribution in [0.2, 0.25) is 0 Å². The van der Waals surface area contributed by atoms with Gasteiger partial charge >= 0.3 is 5.97 Å². The SMILES string of the molecule is Cc1ccc(NC(=O)/C(C#N)=C\c2ccc(OCc3ccccc3)c(C(=O)O)c2)c(C)c1. The number of hydrogen-bond acceptors (Lipinski definition) is 4. The number of aromatic carboxylic acids is 1. The van der Waals surface area contributed by atoms with E-state index < -0.39 is 11.9 Å². The highest BCUT2D eigenvalue weighted by Crippen LogP contribution is 2.24. The van der Waals surface area contributed by atoms with Gasteiger partial charge in [0, 0.05) is 5.69 Å². The summed E-state index contributed by atoms with van der Waals surface area (Å²) >= 11 is 0. The number of nitrogens with zero attached hydrogens (tertiary/aromatic N) is 1. The van der Waals surface area contributed by atoms with Crippen LogP contribution in [-0.2, 0) is 11.4 Å². The van der Waals surface area contributed by atoms with Crippen LogP contribution in [0.1, 0.15) is 32.6 Å². The maximum Gasteiger partial charge on any atom is 0.339 e. The molecule has 6 nitrogen and oxygen atoms in total. The molecule has 2 N–H and O–H groups in total. The van der Waals surface area contributed by atoms with E-state index in [2.05, 4.69) is 5.32 Å². The van der Waals surface area contributed by atoms with Gasteiger partial charge in [0.05, 0.1) is 0 Å². The Balaban J connectivity index is 1.82. The monoisotopic (exact) mass is 426 g/mol. The Hall–Kier alpha value is -4.37. The quantitative estimate of drug-likeness (QED) is 0.403. The molecule has 3 rings (SSSR count). The summed E-state index contributed by atoms with van der Waals surface area (Å²) in [6, 6.07) is 21.4. The molecule has 0 aliphatic rings. The first-order valence-electron chi connectivity index (χ1n) is 9.92. The van der Waals surface area contributed by atoms with E-state index in [1.807, 2.05) is 62.4 Å². The number of amides is 1. The normalized spacial score (nSPS) is 10.8. The second-order valence-electron chi connectivity index (χ2n) is 7.28. The van der Waals surface area contributed by atoms with Crippen molar-refractivity contribution in [1.29, 1.82) is 5.26 Å². The van der Waals surface area contributed by atoms with E-state index in [0.717, 1.165) is 16.7 Å². The highest BCUT2D eigenvalue weighted by Gasteiger charge is 2.15. The minimum Gasteiger partial charge on any atom is -0.488 e. The zero-order chi connectivity index (χ0) is 23.1. The summed E-state index contributed by atoms with van der Waals surface area (Å²) in [7, 11) is 0. The fraction of sp³-hybridized carbons (Fsp3) is 0.115. The Morgan fingerprint density at radius 3 is 2.47 bits per heavy atom. The summed E-state index contributed by atoms with van der Waals surface area (Å²) in [4.78, 5) is 24.3. The molecule has 160 valence electrons. The van der Waals surface area contributed by atoms with Gasteiger partial charge in [-0.1, -0.05) is 54.1 Å². The lowest BCUT2D eigenvalue weighted by molar-refractivity contribution is -0.112. The fourth-order valence-corrected chi connectivity index (χ4v) is 3.12. The maximum atomic E-state index is 12.6. The highest BCUT2D eigenvalue weighted by molar-refractivity contribution is 6.10. The van der Waals surface area contributed by atoms with Gasteiger partial charge in [-0.3, -0.25) is 4.79 Å². The van der Waals surface area contributed by atoms with Crippen molar-refractivity contribution in [3.05, 3.63) is 100 Å². The highest BCUT2D eigenvalue weighted by atomic mass is 16.5. The third kappa shape index (κ3) is 5.61. The Labute approximate surface area is 186 Å². The van der Waals surface area contributed by atoms with Crippen molar-refractivity contribution in [3.63, 3.8) is 0 Å². The average Bonchev–Trinajstić information content (AvgIpc) is 2.78. The van der Waals surface area contributed by atoms with E-state index in [-0.39, 0.29) is 23.5 Å². The van der Waals surface area contributed by atoms with Gasteiger partial charge < -0.3 is 15.2 Å². The number of benzene rings is 3. The molecule has 0 aliphatic carbocycles. The fourth-order valence-electron chi connectivity index (χ4n) is 3.12. The molecule has 6 heteroatoms. The molecule has 32 heavy (non-hydrogen) atoms. The number of carbonyl (C=O) groups excluding carboxylic acids is 1. The molecule has 0 unspecified atom stereocenters. The van der Waals surface area contributed by atoms with Crippen molar-refractivity contribution in [2.45, 2.75) is 20.5 Å². The minimum atomic E-state index is -1.17. The first-order valence-corrected chi connectivity index (χ1v) is 9.92. The summed E-state index contributed by atoms with van der Waals surface area (Å²) < 4.78 is 5.67. The van der Waals surface area contributed by atoms with Crippen LogP contribution in [0.3, 0.4) is 0 Å². The third-order valence-electron chi connectivity index (χ3n) is 4.78. The zero-order valence-corrected chi connectivity index (χ0v) is 17.8. The van der Waals surface area contributed by atoms with Gasteiger partial charge in [0.1, 0.15) is 29.6 Å². The molecule has 0 aromatic heterocycles. The predicted octanol–water partition coefficient (Wildman–Crippen LogP) is 5.13. The van der Waals surface area contributed by atoms with Crippen LogP contribution < -0.4 is 10.1 Å². The van der Waals surface area contributed by atoms with Gasteiger partial charge in [0.25, 0.3) is 5.91 Å². The minimum absolute atomic E-state index is 0.0539. The van der Waals surface area contributed by atoms with E-state index >= 15 is 0 Å². The van der Waals surface area contributed by atoms with Gasteiger partial charge in [-0.15, -0.1) is 0 Å². The standard InChI is InChI=1S/C26H22N2O4/c1-17-8-10-23(18(2)12-17)28-25(29)21(15-27)13-20-9-11-24(22(14-20)26(30)31)32-16-19-6-4-3-5-7-19/h3-14H,16H2,1-2H3,(H,28,29)(H,30,31)/b21-13-. The lowest BCUT2D eigenvalue weighted by Crippen LogP contribution is -2.14. The van der Waals surface area contributed by atoms with Crippen LogP contribution in [0.15, 0.2) is 72.3 Å². The molecule has 0 spiro atoms. The van der Waals surface area contributed by atoms with Crippen molar-refractivity contribution in [3.8, 4) is 11.8 Å². The topological polar surface area (TPSA) is 99.4 Å². The van der Waals surface area contributed by atoms with E-state index in [4.69, 9.17) is 4.74 Å². The van der Waals surface area contributed by atoms with E-state index in [1.165, 1.54) is 18.2 Å². The number of rotatable bonds is 7. The van der Waals surface area contributed by atoms with Gasteiger partial charge in [0.15, 0.2) is 0 Å². The number of ether oxygens (including phenoxy) is 1. The molecule has 1 amide bonds. The molecule has 0 fully saturated rings. The molecular weight excluding hydrogens is 404 g/mol. The number of hydrogen-bond donors (Lipinski definition) is 2. The van der Waals surface area contributed by atoms with Crippen LogP contribution in [0, 0.1) is 25.2 Å². The smallest absolute Gasteiger partial charge is 0.339 e. The van der Waals surface area contributed by atoms with Crippen molar-refractivity contribution in [2.24, 2.45) is 0 Å². The van der Waals surface area contributed by atoms with Crippen molar-refractivity contribution in [2.75, 3.05) is 5.32 Å². The molecule has 0 heterocycles. The summed E-state index contributed by atoms with van der Waals surface area (Å²) in [5.41, 5.74) is 3.67. The third-order valence-corrected chi connectivity index (χ3v) is 4.78. The molecule has 0 aliphatic heterocycles. The van der Waals surface area contributed by atoms with Crippen LogP contribution in [0.25, 0.3) is 6.08 Å². The number of aryl methyl sites for hydroxylation is 2. The number of nitrogens with one attached hydrogen (secondary N) is 1. The number of carboxylic acid groups (broad SMARTS) is 1. The lowest BCUT2D eigenvalue weighted by Gasteiger charge is -2.11. The first-order chi connectivity index (χ1) is 15.4. The number of carbonyl (C=O) groups is 2. The second-order valence-corrected chi connectivity index (χ2v) is 7.28. The van der Waals surface area contributed by atoms with E-state index in [0.29, 0.717) is 11.3 Å².